The van der Waals surface area contributed by atoms with Crippen LogP contribution in [0.4, 0.5) is 0 Å². The second-order valence-electron chi connectivity index (χ2n) is 9.19. The van der Waals surface area contributed by atoms with Gasteiger partial charge in [0.05, 0.1) is 5.69 Å². The second kappa shape index (κ2) is 7.59. The van der Waals surface area contributed by atoms with Crippen LogP contribution in [-0.2, 0) is 6.37 Å². The van der Waals surface area contributed by atoms with E-state index in [9.17, 15) is 0 Å². The van der Waals surface area contributed by atoms with Crippen LogP contribution >= 0.6 is 0 Å². The molecule has 160 valence electrons. The van der Waals surface area contributed by atoms with Gasteiger partial charge in [0.2, 0.25) is 5.71 Å². The zero-order chi connectivity index (χ0) is 26.8. The zero-order valence-electron chi connectivity index (χ0n) is 23.7. The zero-order valence-corrected chi connectivity index (χ0v) is 18.7. The van der Waals surface area contributed by atoms with Crippen LogP contribution in [0.15, 0.2) is 71.3 Å². The molecule has 5 rings (SSSR count). The number of hydrogen-bond acceptors (Lipinski definition) is 3. The second-order valence-corrected chi connectivity index (χ2v) is 9.19. The number of aromatic nitrogens is 2. The van der Waals surface area contributed by atoms with Gasteiger partial charge in [-0.15, -0.1) is 0 Å². The Morgan fingerprint density at radius 3 is 2.50 bits per heavy atom. The minimum Gasteiger partial charge on any atom is -0.438 e. The van der Waals surface area contributed by atoms with Gasteiger partial charge in [-0.1, -0.05) is 45.0 Å². The average molecular weight is 426 g/mol. The van der Waals surface area contributed by atoms with Crippen LogP contribution in [0.3, 0.4) is 0 Å². The van der Waals surface area contributed by atoms with Gasteiger partial charge < -0.3 is 4.42 Å². The molecule has 3 nitrogen and oxygen atoms in total. The van der Waals surface area contributed by atoms with Gasteiger partial charge in [-0.2, -0.15) is 0 Å². The Morgan fingerprint density at radius 1 is 0.938 bits per heavy atom. The third-order valence-corrected chi connectivity index (χ3v) is 5.39. The van der Waals surface area contributed by atoms with E-state index in [1.54, 1.807) is 30.5 Å². The summed E-state index contributed by atoms with van der Waals surface area (Å²) in [4.78, 5) is 9.01. The van der Waals surface area contributed by atoms with Crippen molar-refractivity contribution in [3.05, 3.63) is 83.7 Å². The molecule has 0 aliphatic heterocycles. The van der Waals surface area contributed by atoms with Crippen molar-refractivity contribution in [2.24, 2.45) is 5.41 Å². The summed E-state index contributed by atoms with van der Waals surface area (Å²) in [6.45, 7) is 5.17. The summed E-state index contributed by atoms with van der Waals surface area (Å²) in [5.41, 5.74) is 4.87. The fourth-order valence-electron chi connectivity index (χ4n) is 3.93. The van der Waals surface area contributed by atoms with Gasteiger partial charge >= 0.3 is 0 Å². The minimum atomic E-state index is -2.31. The van der Waals surface area contributed by atoms with Crippen molar-refractivity contribution in [1.82, 2.24) is 9.97 Å². The summed E-state index contributed by atoms with van der Waals surface area (Å²) in [5.74, 6) is 0. The smallest absolute Gasteiger partial charge is 0.227 e. The van der Waals surface area contributed by atoms with Crippen molar-refractivity contribution in [1.29, 1.82) is 0 Å². The van der Waals surface area contributed by atoms with Crippen molar-refractivity contribution in [2.45, 2.75) is 40.9 Å². The molecule has 0 spiro atoms. The normalized spacial score (nSPS) is 15.2. The standard InChI is InChI=1S/C29H28N2O/c1-18-6-9-22(26-13-8-20(17-30-26)16-29(3,4)5)14-25(18)21-10-12-23-24-11-7-19(2)31-28(24)32-27(23)15-21/h6-15,17H,16H2,1-5H3/i1D3,16D2. The molecule has 0 saturated heterocycles. The number of pyridine rings is 2. The van der Waals surface area contributed by atoms with E-state index in [0.29, 0.717) is 28.1 Å². The van der Waals surface area contributed by atoms with Crippen LogP contribution in [0.1, 0.15) is 44.4 Å². The molecule has 5 aromatic rings. The number of fused-ring (bicyclic) bond motifs is 3. The number of hydrogen-bond donors (Lipinski definition) is 0. The summed E-state index contributed by atoms with van der Waals surface area (Å²) >= 11 is 0. The van der Waals surface area contributed by atoms with E-state index in [2.05, 4.69) is 9.97 Å². The lowest BCUT2D eigenvalue weighted by Crippen LogP contribution is -2.09. The molecule has 0 atom stereocenters. The van der Waals surface area contributed by atoms with Crippen LogP contribution in [-0.4, -0.2) is 9.97 Å². The quantitative estimate of drug-likeness (QED) is 0.295. The third kappa shape index (κ3) is 3.91. The van der Waals surface area contributed by atoms with Crippen molar-refractivity contribution in [2.75, 3.05) is 0 Å². The summed E-state index contributed by atoms with van der Waals surface area (Å²) in [5, 5.41) is 1.83. The molecule has 2 aromatic carbocycles. The maximum atomic E-state index is 8.51. The molecule has 0 bridgehead atoms. The highest BCUT2D eigenvalue weighted by Gasteiger charge is 2.13. The number of aryl methyl sites for hydroxylation is 2. The first-order valence-corrected chi connectivity index (χ1v) is 10.7. The Kier molecular flexibility index (Phi) is 3.65. The SMILES string of the molecule is [2H]C([2H])([2H])c1ccc(-c2ccc(C([2H])([2H])C(C)(C)C)cn2)cc1-c1ccc2c(c1)oc1nc(C)ccc12. The van der Waals surface area contributed by atoms with E-state index in [1.165, 1.54) is 0 Å². The molecular weight excluding hydrogens is 392 g/mol. The van der Waals surface area contributed by atoms with E-state index in [0.717, 1.165) is 27.6 Å². The lowest BCUT2D eigenvalue weighted by atomic mass is 9.88. The van der Waals surface area contributed by atoms with Gasteiger partial charge in [0, 0.05) is 35.1 Å². The molecule has 0 aliphatic rings. The van der Waals surface area contributed by atoms with E-state index >= 15 is 0 Å². The summed E-state index contributed by atoms with van der Waals surface area (Å²) in [7, 11) is 0. The predicted molar refractivity (Wildman–Crippen MR) is 133 cm³/mol. The molecular formula is C29H28N2O. The summed E-state index contributed by atoms with van der Waals surface area (Å²) in [6.07, 6.45) is 0.0115. The van der Waals surface area contributed by atoms with Crippen molar-refractivity contribution >= 4 is 22.1 Å². The molecule has 32 heavy (non-hydrogen) atoms. The largest absolute Gasteiger partial charge is 0.438 e. The monoisotopic (exact) mass is 425 g/mol. The first kappa shape index (κ1) is 15.4. The van der Waals surface area contributed by atoms with Crippen LogP contribution < -0.4 is 0 Å². The average Bonchev–Trinajstić information content (AvgIpc) is 3.19. The third-order valence-electron chi connectivity index (χ3n) is 5.39. The molecule has 0 unspecified atom stereocenters. The van der Waals surface area contributed by atoms with Gasteiger partial charge in [0.15, 0.2) is 0 Å². The lowest BCUT2D eigenvalue weighted by Gasteiger charge is -2.18. The van der Waals surface area contributed by atoms with E-state index in [4.69, 9.17) is 11.3 Å². The maximum absolute atomic E-state index is 8.51. The Balaban J connectivity index is 1.62. The van der Waals surface area contributed by atoms with Crippen molar-refractivity contribution in [3.63, 3.8) is 0 Å². The van der Waals surface area contributed by atoms with Gasteiger partial charge in [0.1, 0.15) is 5.58 Å². The molecule has 0 aliphatic carbocycles. The fraction of sp³-hybridized carbons (Fsp3) is 0.241. The summed E-state index contributed by atoms with van der Waals surface area (Å²) < 4.78 is 47.4. The molecule has 3 heteroatoms. The topological polar surface area (TPSA) is 38.9 Å². The number of nitrogens with zero attached hydrogens (tertiary/aromatic N) is 2. The predicted octanol–water partition coefficient (Wildman–Crippen LogP) is 7.92. The molecule has 0 N–H and O–H groups in total. The minimum absolute atomic E-state index is 0.237. The molecule has 3 heterocycles. The molecule has 3 aromatic heterocycles. The highest BCUT2D eigenvalue weighted by Crippen LogP contribution is 2.34. The number of furan rings is 1. The lowest BCUT2D eigenvalue weighted by molar-refractivity contribution is 0.411. The fourth-order valence-corrected chi connectivity index (χ4v) is 3.93. The Labute approximate surface area is 196 Å². The van der Waals surface area contributed by atoms with Gasteiger partial charge in [-0.3, -0.25) is 4.98 Å². The Bertz CT molecular complexity index is 1630. The van der Waals surface area contributed by atoms with Gasteiger partial charge in [-0.25, -0.2) is 4.98 Å². The van der Waals surface area contributed by atoms with Gasteiger partial charge in [0.25, 0.3) is 0 Å². The van der Waals surface area contributed by atoms with E-state index in [-0.39, 0.29) is 5.56 Å². The highest BCUT2D eigenvalue weighted by molar-refractivity contribution is 6.04. The molecule has 0 amide bonds. The molecule has 0 fully saturated rings. The van der Waals surface area contributed by atoms with Crippen LogP contribution in [0, 0.1) is 19.2 Å². The first-order chi connectivity index (χ1) is 17.3. The van der Waals surface area contributed by atoms with Crippen LogP contribution in [0.2, 0.25) is 0 Å². The number of rotatable bonds is 3. The summed E-state index contributed by atoms with van der Waals surface area (Å²) in [6, 6.07) is 18.3. The first-order valence-electron chi connectivity index (χ1n) is 13.2. The van der Waals surface area contributed by atoms with Crippen molar-refractivity contribution in [3.8, 4) is 22.4 Å². The van der Waals surface area contributed by atoms with Gasteiger partial charge in [-0.05, 0) is 84.2 Å². The molecule has 0 radical (unpaired) electrons. The van der Waals surface area contributed by atoms with E-state index in [1.807, 2.05) is 64.1 Å². The Morgan fingerprint density at radius 2 is 1.75 bits per heavy atom. The van der Waals surface area contributed by atoms with E-state index < -0.39 is 18.6 Å². The van der Waals surface area contributed by atoms with Crippen LogP contribution in [0.5, 0.6) is 0 Å². The molecule has 0 saturated carbocycles. The Hall–Kier alpha value is -3.46. The maximum Gasteiger partial charge on any atom is 0.227 e. The van der Waals surface area contributed by atoms with Crippen molar-refractivity contribution < 1.29 is 11.3 Å². The van der Waals surface area contributed by atoms with Crippen LogP contribution in [0.25, 0.3) is 44.5 Å². The highest BCUT2D eigenvalue weighted by atomic mass is 16.3. The number of benzene rings is 2.